The summed E-state index contributed by atoms with van der Waals surface area (Å²) >= 11 is 0. The molecule has 0 aromatic heterocycles. The van der Waals surface area contributed by atoms with Crippen LogP contribution in [-0.2, 0) is 11.1 Å². The zero-order valence-electron chi connectivity index (χ0n) is 15.3. The maximum absolute atomic E-state index is 14.3. The average Bonchev–Trinajstić information content (AvgIpc) is 2.92. The molecule has 0 N–H and O–H groups in total. The van der Waals surface area contributed by atoms with Crippen molar-refractivity contribution in [3.05, 3.63) is 95.3 Å². The first-order chi connectivity index (χ1) is 12.6. The molecule has 1 heterocycles. The second-order valence-corrected chi connectivity index (χ2v) is 10.0. The summed E-state index contributed by atoms with van der Waals surface area (Å²) in [5, 5.41) is 1.09. The first-order valence-electron chi connectivity index (χ1n) is 9.13. The Balaban J connectivity index is 1.73. The molecule has 3 nitrogen and oxygen atoms in total. The topological polar surface area (TPSA) is 23.6 Å². The van der Waals surface area contributed by atoms with Gasteiger partial charge in [0, 0.05) is 17.8 Å². The molecule has 0 saturated carbocycles. The van der Waals surface area contributed by atoms with Gasteiger partial charge >= 0.3 is 0 Å². The fourth-order valence-corrected chi connectivity index (χ4v) is 7.43. The first-order valence-corrected chi connectivity index (χ1v) is 10.7. The van der Waals surface area contributed by atoms with Crippen LogP contribution in [0.5, 0.6) is 0 Å². The van der Waals surface area contributed by atoms with Gasteiger partial charge in [0.2, 0.25) is 7.44 Å². The third kappa shape index (κ3) is 2.81. The van der Waals surface area contributed by atoms with E-state index in [4.69, 9.17) is 0 Å². The van der Waals surface area contributed by atoms with Crippen molar-refractivity contribution in [2.24, 2.45) is 5.92 Å². The van der Waals surface area contributed by atoms with Gasteiger partial charge in [-0.1, -0.05) is 78.9 Å². The summed E-state index contributed by atoms with van der Waals surface area (Å²) < 4.78 is 18.5. The Kier molecular flexibility index (Phi) is 4.71. The molecule has 134 valence electrons. The Hall–Kier alpha value is -1.93. The monoisotopic (exact) mass is 364 g/mol. The molecule has 2 aromatic carbocycles. The molecule has 2 aromatic rings. The standard InChI is InChI=1S/C22H25N2OP/c1-23(17-18-11-5-3-6-12-18)26(25)21-16-10-9-15-20(21)22(24(26)2)19-13-7-4-8-14-19/h3-9,11-16,20,22H,10,17H2,1-2H3/t20-,22+,26+/m1/s1. The summed E-state index contributed by atoms with van der Waals surface area (Å²) in [4.78, 5) is 0. The van der Waals surface area contributed by atoms with Crippen LogP contribution in [0.4, 0.5) is 0 Å². The van der Waals surface area contributed by atoms with E-state index in [1.54, 1.807) is 0 Å². The smallest absolute Gasteiger partial charge is 0.242 e. The van der Waals surface area contributed by atoms with E-state index in [0.717, 1.165) is 11.7 Å². The van der Waals surface area contributed by atoms with Crippen LogP contribution >= 0.6 is 7.44 Å². The number of fused-ring (bicyclic) bond motifs is 1. The van der Waals surface area contributed by atoms with E-state index in [0.29, 0.717) is 6.54 Å². The zero-order valence-corrected chi connectivity index (χ0v) is 16.2. The molecule has 0 bridgehead atoms. The Bertz CT molecular complexity index is 876. The molecule has 1 fully saturated rings. The summed E-state index contributed by atoms with van der Waals surface area (Å²) in [7, 11) is 1.22. The molecule has 4 rings (SSSR count). The molecule has 4 heteroatoms. The van der Waals surface area contributed by atoms with Crippen LogP contribution in [0, 0.1) is 5.92 Å². The zero-order chi connectivity index (χ0) is 18.1. The second kappa shape index (κ2) is 7.00. The fourth-order valence-electron chi connectivity index (χ4n) is 4.27. The molecule has 26 heavy (non-hydrogen) atoms. The minimum Gasteiger partial charge on any atom is -0.284 e. The van der Waals surface area contributed by atoms with Crippen molar-refractivity contribution in [3.63, 3.8) is 0 Å². The van der Waals surface area contributed by atoms with E-state index < -0.39 is 7.44 Å². The maximum Gasteiger partial charge on any atom is 0.242 e. The Labute approximate surface area is 156 Å². The van der Waals surface area contributed by atoms with Gasteiger partial charge in [-0.2, -0.15) is 0 Å². The van der Waals surface area contributed by atoms with E-state index >= 15 is 0 Å². The van der Waals surface area contributed by atoms with E-state index in [2.05, 4.69) is 64.0 Å². The van der Waals surface area contributed by atoms with Gasteiger partial charge in [-0.25, -0.2) is 9.34 Å². The lowest BCUT2D eigenvalue weighted by Gasteiger charge is -2.33. The number of hydrogen-bond acceptors (Lipinski definition) is 1. The first kappa shape index (κ1) is 17.5. The summed E-state index contributed by atoms with van der Waals surface area (Å²) in [6, 6.07) is 20.9. The van der Waals surface area contributed by atoms with Gasteiger partial charge in [0.05, 0.1) is 6.04 Å². The molecule has 3 atom stereocenters. The number of nitrogens with zero attached hydrogens (tertiary/aromatic N) is 2. The summed E-state index contributed by atoms with van der Waals surface area (Å²) in [5.74, 6) is 0.181. The molecule has 2 aliphatic rings. The van der Waals surface area contributed by atoms with Crippen molar-refractivity contribution >= 4 is 7.44 Å². The fraction of sp³-hybridized carbons (Fsp3) is 0.273. The Morgan fingerprint density at radius 2 is 1.73 bits per heavy atom. The number of hydrogen-bond donors (Lipinski definition) is 0. The van der Waals surface area contributed by atoms with Crippen LogP contribution in [0.3, 0.4) is 0 Å². The summed E-state index contributed by atoms with van der Waals surface area (Å²) in [5.41, 5.74) is 2.41. The van der Waals surface area contributed by atoms with Gasteiger partial charge in [-0.15, -0.1) is 0 Å². The predicted molar refractivity (Wildman–Crippen MR) is 108 cm³/mol. The Morgan fingerprint density at radius 3 is 2.42 bits per heavy atom. The highest BCUT2D eigenvalue weighted by molar-refractivity contribution is 7.63. The third-order valence-corrected chi connectivity index (χ3v) is 8.84. The predicted octanol–water partition coefficient (Wildman–Crippen LogP) is 5.46. The van der Waals surface area contributed by atoms with Gasteiger partial charge in [0.25, 0.3) is 0 Å². The van der Waals surface area contributed by atoms with Crippen LogP contribution < -0.4 is 0 Å². The molecule has 1 aliphatic heterocycles. The third-order valence-electron chi connectivity index (χ3n) is 5.51. The molecule has 1 aliphatic carbocycles. The largest absolute Gasteiger partial charge is 0.284 e. The van der Waals surface area contributed by atoms with Crippen LogP contribution in [0.1, 0.15) is 23.6 Å². The van der Waals surface area contributed by atoms with Crippen molar-refractivity contribution in [2.45, 2.75) is 19.0 Å². The molecule has 0 unspecified atom stereocenters. The molecular formula is C22H25N2OP. The van der Waals surface area contributed by atoms with E-state index in [9.17, 15) is 4.57 Å². The van der Waals surface area contributed by atoms with Crippen molar-refractivity contribution in [1.29, 1.82) is 0 Å². The minimum atomic E-state index is -2.79. The van der Waals surface area contributed by atoms with Gasteiger partial charge in [-0.05, 0) is 31.6 Å². The highest BCUT2D eigenvalue weighted by atomic mass is 31.2. The maximum atomic E-state index is 14.3. The van der Waals surface area contributed by atoms with Gasteiger partial charge in [0.15, 0.2) is 0 Å². The molecular weight excluding hydrogens is 339 g/mol. The summed E-state index contributed by atoms with van der Waals surface area (Å²) in [6.45, 7) is 0.678. The SMILES string of the molecule is CN(Cc1ccccc1)[P@@]1(=O)C2=CCC=C[C@H]2[C@H](c2ccccc2)N1C. The number of allylic oxidation sites excluding steroid dienone is 2. The van der Waals surface area contributed by atoms with Crippen LogP contribution in [0.15, 0.2) is 84.2 Å². The highest BCUT2D eigenvalue weighted by Crippen LogP contribution is 2.72. The van der Waals surface area contributed by atoms with Crippen molar-refractivity contribution in [2.75, 3.05) is 14.1 Å². The minimum absolute atomic E-state index is 0.114. The lowest BCUT2D eigenvalue weighted by Crippen LogP contribution is -2.25. The van der Waals surface area contributed by atoms with E-state index in [-0.39, 0.29) is 12.0 Å². The molecule has 1 saturated heterocycles. The van der Waals surface area contributed by atoms with Crippen molar-refractivity contribution in [1.82, 2.24) is 9.34 Å². The van der Waals surface area contributed by atoms with E-state index in [1.165, 1.54) is 11.1 Å². The molecule has 0 amide bonds. The van der Waals surface area contributed by atoms with Gasteiger partial charge in [0.1, 0.15) is 0 Å². The van der Waals surface area contributed by atoms with Crippen molar-refractivity contribution in [3.8, 4) is 0 Å². The van der Waals surface area contributed by atoms with E-state index in [1.807, 2.05) is 38.4 Å². The molecule has 0 spiro atoms. The van der Waals surface area contributed by atoms with Crippen LogP contribution in [-0.4, -0.2) is 23.4 Å². The summed E-state index contributed by atoms with van der Waals surface area (Å²) in [6.07, 6.45) is 7.50. The normalized spacial score (nSPS) is 28.2. The van der Waals surface area contributed by atoms with Crippen LogP contribution in [0.25, 0.3) is 0 Å². The second-order valence-electron chi connectivity index (χ2n) is 7.09. The highest BCUT2D eigenvalue weighted by Gasteiger charge is 2.52. The van der Waals surface area contributed by atoms with Gasteiger partial charge in [-0.3, -0.25) is 4.57 Å². The number of benzene rings is 2. The lowest BCUT2D eigenvalue weighted by molar-refractivity contribution is 0.340. The lowest BCUT2D eigenvalue weighted by atomic mass is 9.90. The number of rotatable bonds is 4. The molecule has 0 radical (unpaired) electrons. The van der Waals surface area contributed by atoms with Gasteiger partial charge < -0.3 is 0 Å². The average molecular weight is 364 g/mol. The van der Waals surface area contributed by atoms with Crippen LogP contribution in [0.2, 0.25) is 0 Å². The van der Waals surface area contributed by atoms with Crippen molar-refractivity contribution < 1.29 is 4.57 Å². The quantitative estimate of drug-likeness (QED) is 0.532. The Morgan fingerprint density at radius 1 is 1.08 bits per heavy atom.